The van der Waals surface area contributed by atoms with Crippen molar-refractivity contribution in [1.82, 2.24) is 19.8 Å². The van der Waals surface area contributed by atoms with E-state index in [0.717, 1.165) is 47.3 Å². The highest BCUT2D eigenvalue weighted by Crippen LogP contribution is 2.42. The summed E-state index contributed by atoms with van der Waals surface area (Å²) >= 11 is 18.7. The van der Waals surface area contributed by atoms with Crippen molar-refractivity contribution >= 4 is 40.5 Å². The number of hydrogen-bond acceptors (Lipinski definition) is 2. The van der Waals surface area contributed by atoms with Gasteiger partial charge in [-0.3, -0.25) is 4.98 Å². The van der Waals surface area contributed by atoms with Crippen LogP contribution in [0, 0.1) is 13.8 Å². The molecule has 0 aliphatic carbocycles. The van der Waals surface area contributed by atoms with Crippen LogP contribution in [-0.2, 0) is 0 Å². The molecule has 3 aromatic rings. The van der Waals surface area contributed by atoms with Gasteiger partial charge in [-0.1, -0.05) is 48.7 Å². The van der Waals surface area contributed by atoms with Gasteiger partial charge >= 0.3 is 0 Å². The number of benzene rings is 1. The zero-order valence-electron chi connectivity index (χ0n) is 17.9. The van der Waals surface area contributed by atoms with Crippen LogP contribution in [0.2, 0.25) is 10.0 Å². The normalized spacial score (nSPS) is 18.5. The Hall–Kier alpha value is -2.08. The van der Waals surface area contributed by atoms with Crippen LogP contribution in [0.1, 0.15) is 54.5 Å². The number of pyridine rings is 1. The van der Waals surface area contributed by atoms with Crippen molar-refractivity contribution in [3.05, 3.63) is 81.4 Å². The summed E-state index contributed by atoms with van der Waals surface area (Å²) in [4.78, 5) is 6.94. The van der Waals surface area contributed by atoms with Crippen LogP contribution >= 0.6 is 35.4 Å². The summed E-state index contributed by atoms with van der Waals surface area (Å²) < 4.78 is 2.18. The van der Waals surface area contributed by atoms with E-state index in [1.807, 2.05) is 36.5 Å². The molecule has 0 radical (unpaired) electrons. The molecule has 1 N–H and O–H groups in total. The zero-order valence-corrected chi connectivity index (χ0v) is 20.2. The van der Waals surface area contributed by atoms with Crippen molar-refractivity contribution in [3.8, 4) is 5.69 Å². The van der Waals surface area contributed by atoms with Gasteiger partial charge in [0.25, 0.3) is 0 Å². The van der Waals surface area contributed by atoms with Gasteiger partial charge in [-0.05, 0) is 68.4 Å². The topological polar surface area (TPSA) is 33.1 Å². The summed E-state index contributed by atoms with van der Waals surface area (Å²) in [6.45, 7) is 7.33. The highest BCUT2D eigenvalue weighted by molar-refractivity contribution is 7.80. The molecule has 1 aliphatic rings. The molecular formula is C24H26Cl2N4S. The second-order valence-electron chi connectivity index (χ2n) is 7.91. The van der Waals surface area contributed by atoms with E-state index in [-0.39, 0.29) is 12.1 Å². The van der Waals surface area contributed by atoms with Crippen LogP contribution < -0.4 is 5.32 Å². The number of aryl methyl sites for hydroxylation is 1. The van der Waals surface area contributed by atoms with Gasteiger partial charge in [-0.2, -0.15) is 0 Å². The van der Waals surface area contributed by atoms with Crippen molar-refractivity contribution < 1.29 is 0 Å². The lowest BCUT2D eigenvalue weighted by molar-refractivity contribution is 0.312. The molecule has 162 valence electrons. The minimum atomic E-state index is -0.0191. The fraction of sp³-hybridized carbons (Fsp3) is 0.333. The Labute approximate surface area is 199 Å². The lowest BCUT2D eigenvalue weighted by Gasteiger charge is -2.28. The van der Waals surface area contributed by atoms with E-state index in [4.69, 9.17) is 35.4 Å². The summed E-state index contributed by atoms with van der Waals surface area (Å²) in [5.41, 5.74) is 5.32. The molecule has 2 aromatic heterocycles. The average Bonchev–Trinajstić information content (AvgIpc) is 3.24. The number of rotatable bonds is 6. The van der Waals surface area contributed by atoms with Crippen LogP contribution in [0.4, 0.5) is 0 Å². The number of nitrogens with one attached hydrogen (secondary N) is 1. The third kappa shape index (κ3) is 4.07. The van der Waals surface area contributed by atoms with E-state index < -0.39 is 0 Å². The summed E-state index contributed by atoms with van der Waals surface area (Å²) in [5.74, 6) is 0. The molecule has 1 aliphatic heterocycles. The minimum Gasteiger partial charge on any atom is -0.352 e. The van der Waals surface area contributed by atoms with E-state index in [9.17, 15) is 0 Å². The second kappa shape index (κ2) is 9.19. The first-order valence-corrected chi connectivity index (χ1v) is 11.7. The second-order valence-corrected chi connectivity index (χ2v) is 9.08. The van der Waals surface area contributed by atoms with Gasteiger partial charge in [0.05, 0.1) is 33.5 Å². The Bertz CT molecular complexity index is 1100. The van der Waals surface area contributed by atoms with Crippen LogP contribution in [-0.4, -0.2) is 26.1 Å². The predicted octanol–water partition coefficient (Wildman–Crippen LogP) is 6.57. The van der Waals surface area contributed by atoms with Gasteiger partial charge in [-0.15, -0.1) is 0 Å². The molecule has 1 aromatic carbocycles. The first-order chi connectivity index (χ1) is 14.9. The maximum absolute atomic E-state index is 6.58. The lowest BCUT2D eigenvalue weighted by atomic mass is 9.96. The van der Waals surface area contributed by atoms with Gasteiger partial charge in [0.2, 0.25) is 0 Å². The Balaban J connectivity index is 1.84. The van der Waals surface area contributed by atoms with Gasteiger partial charge in [0.1, 0.15) is 0 Å². The van der Waals surface area contributed by atoms with Crippen molar-refractivity contribution in [3.63, 3.8) is 0 Å². The van der Waals surface area contributed by atoms with Gasteiger partial charge < -0.3 is 14.8 Å². The van der Waals surface area contributed by atoms with Gasteiger partial charge in [-0.25, -0.2) is 0 Å². The van der Waals surface area contributed by atoms with E-state index in [1.54, 1.807) is 0 Å². The third-order valence-electron chi connectivity index (χ3n) is 5.91. The Kier molecular flexibility index (Phi) is 6.56. The monoisotopic (exact) mass is 472 g/mol. The highest BCUT2D eigenvalue weighted by Gasteiger charge is 2.41. The van der Waals surface area contributed by atoms with E-state index in [2.05, 4.69) is 52.7 Å². The number of thiocarbonyl (C=S) groups is 1. The van der Waals surface area contributed by atoms with Crippen LogP contribution in [0.25, 0.3) is 5.69 Å². The number of halogens is 2. The highest BCUT2D eigenvalue weighted by atomic mass is 35.5. The minimum absolute atomic E-state index is 0.0191. The molecule has 3 heterocycles. The van der Waals surface area contributed by atoms with Crippen molar-refractivity contribution in [1.29, 1.82) is 0 Å². The molecular weight excluding hydrogens is 447 g/mol. The van der Waals surface area contributed by atoms with Crippen LogP contribution in [0.3, 0.4) is 0 Å². The van der Waals surface area contributed by atoms with E-state index >= 15 is 0 Å². The average molecular weight is 473 g/mol. The Morgan fingerprint density at radius 3 is 2.65 bits per heavy atom. The number of aromatic nitrogens is 2. The maximum Gasteiger partial charge on any atom is 0.170 e. The molecule has 0 spiro atoms. The van der Waals surface area contributed by atoms with Gasteiger partial charge in [0.15, 0.2) is 5.11 Å². The molecule has 0 saturated carbocycles. The molecule has 0 amide bonds. The number of hydrogen-bond donors (Lipinski definition) is 1. The van der Waals surface area contributed by atoms with Gasteiger partial charge in [0, 0.05) is 24.1 Å². The van der Waals surface area contributed by atoms with Crippen molar-refractivity contribution in [2.75, 3.05) is 6.54 Å². The SMILES string of the molecule is CCCCN1C(=S)N[C@H](c2ccccn2)[C@@H]1c1cc(C)n(-c2cccc(Cl)c2Cl)c1C. The van der Waals surface area contributed by atoms with E-state index in [1.165, 1.54) is 5.56 Å². The molecule has 31 heavy (non-hydrogen) atoms. The molecule has 0 bridgehead atoms. The molecule has 1 fully saturated rings. The summed E-state index contributed by atoms with van der Waals surface area (Å²) in [5, 5.41) is 5.42. The first kappa shape index (κ1) is 22.1. The summed E-state index contributed by atoms with van der Waals surface area (Å²) in [6, 6.07) is 14.0. The van der Waals surface area contributed by atoms with Crippen molar-refractivity contribution in [2.45, 2.75) is 45.7 Å². The third-order valence-corrected chi connectivity index (χ3v) is 7.07. The summed E-state index contributed by atoms with van der Waals surface area (Å²) in [6.07, 6.45) is 4.02. The standard InChI is InChI=1S/C24H26Cl2N4S/c1-4-5-13-29-23(22(28-24(29)31)19-10-6-7-12-27-19)17-14-15(2)30(16(17)3)20-11-8-9-18(25)21(20)26/h6-12,14,22-23H,4-5,13H2,1-3H3,(H,28,31)/t22-,23+/m1/s1. The van der Waals surface area contributed by atoms with Crippen molar-refractivity contribution in [2.24, 2.45) is 0 Å². The molecule has 1 saturated heterocycles. The first-order valence-electron chi connectivity index (χ1n) is 10.5. The lowest BCUT2D eigenvalue weighted by Crippen LogP contribution is -2.30. The van der Waals surface area contributed by atoms with E-state index in [0.29, 0.717) is 10.0 Å². The predicted molar refractivity (Wildman–Crippen MR) is 132 cm³/mol. The molecule has 4 rings (SSSR count). The number of unbranched alkanes of at least 4 members (excludes halogenated alkanes) is 1. The zero-order chi connectivity index (χ0) is 22.1. The fourth-order valence-electron chi connectivity index (χ4n) is 4.44. The molecule has 0 unspecified atom stereocenters. The largest absolute Gasteiger partial charge is 0.352 e. The summed E-state index contributed by atoms with van der Waals surface area (Å²) in [7, 11) is 0. The number of nitrogens with zero attached hydrogens (tertiary/aromatic N) is 3. The molecule has 4 nitrogen and oxygen atoms in total. The van der Waals surface area contributed by atoms with Crippen LogP contribution in [0.5, 0.6) is 0 Å². The quantitative estimate of drug-likeness (QED) is 0.411. The fourth-order valence-corrected chi connectivity index (χ4v) is 5.15. The van der Waals surface area contributed by atoms with Crippen LogP contribution in [0.15, 0.2) is 48.7 Å². The smallest absolute Gasteiger partial charge is 0.170 e. The Morgan fingerprint density at radius 1 is 1.13 bits per heavy atom. The maximum atomic E-state index is 6.58. The molecule has 2 atom stereocenters. The Morgan fingerprint density at radius 2 is 1.94 bits per heavy atom. The molecule has 7 heteroatoms.